The number of carbonyl (C=O) groups is 1. The van der Waals surface area contributed by atoms with Crippen LogP contribution in [-0.4, -0.2) is 51.3 Å². The molecule has 0 fully saturated rings. The van der Waals surface area contributed by atoms with Gasteiger partial charge in [-0.05, 0) is 18.2 Å². The molecule has 156 valence electrons. The molecule has 1 aliphatic rings. The summed E-state index contributed by atoms with van der Waals surface area (Å²) in [5, 5.41) is 10.2. The van der Waals surface area contributed by atoms with Gasteiger partial charge in [0.2, 0.25) is 0 Å². The minimum atomic E-state index is -0.240. The fourth-order valence-electron chi connectivity index (χ4n) is 3.20. The van der Waals surface area contributed by atoms with Crippen LogP contribution in [0.2, 0.25) is 0 Å². The predicted molar refractivity (Wildman–Crippen MR) is 111 cm³/mol. The molecule has 11 heteroatoms. The molecule has 0 radical (unpaired) electrons. The van der Waals surface area contributed by atoms with Crippen LogP contribution in [0.15, 0.2) is 43.0 Å². The molecular formula is C20H17N7O4. The summed E-state index contributed by atoms with van der Waals surface area (Å²) >= 11 is 0. The van der Waals surface area contributed by atoms with Crippen molar-refractivity contribution in [3.05, 3.63) is 43.0 Å². The molecule has 0 saturated heterocycles. The Bertz CT molecular complexity index is 1300. The van der Waals surface area contributed by atoms with E-state index in [9.17, 15) is 4.79 Å². The van der Waals surface area contributed by atoms with Gasteiger partial charge in [-0.15, -0.1) is 0 Å². The van der Waals surface area contributed by atoms with Crippen molar-refractivity contribution in [2.75, 3.05) is 31.5 Å². The summed E-state index contributed by atoms with van der Waals surface area (Å²) in [6.45, 7) is -0.0558. The maximum atomic E-state index is 11.5. The van der Waals surface area contributed by atoms with Gasteiger partial charge in [-0.3, -0.25) is 4.79 Å². The van der Waals surface area contributed by atoms with E-state index in [-0.39, 0.29) is 12.5 Å². The molecule has 4 aromatic rings. The van der Waals surface area contributed by atoms with Crippen molar-refractivity contribution in [3.63, 3.8) is 0 Å². The quantitative estimate of drug-likeness (QED) is 0.501. The Morgan fingerprint density at radius 1 is 1.16 bits per heavy atom. The van der Waals surface area contributed by atoms with Crippen molar-refractivity contribution in [3.8, 4) is 28.5 Å². The molecule has 1 aliphatic heterocycles. The zero-order valence-electron chi connectivity index (χ0n) is 16.6. The summed E-state index contributed by atoms with van der Waals surface area (Å²) in [7, 11) is 3.16. The summed E-state index contributed by atoms with van der Waals surface area (Å²) in [5.41, 5.74) is 2.58. The lowest BCUT2D eigenvalue weighted by Gasteiger charge is -2.17. The highest BCUT2D eigenvalue weighted by Gasteiger charge is 2.19. The van der Waals surface area contributed by atoms with Crippen molar-refractivity contribution in [1.82, 2.24) is 24.6 Å². The first-order chi connectivity index (χ1) is 15.1. The number of hydrogen-bond donors (Lipinski definition) is 2. The molecule has 2 N–H and O–H groups in total. The number of methoxy groups -OCH3 is 2. The third-order valence-electron chi connectivity index (χ3n) is 4.67. The number of aromatic nitrogens is 5. The number of anilines is 3. The minimum Gasteiger partial charge on any atom is -0.493 e. The van der Waals surface area contributed by atoms with E-state index < -0.39 is 0 Å². The van der Waals surface area contributed by atoms with Crippen LogP contribution in [-0.2, 0) is 4.79 Å². The summed E-state index contributed by atoms with van der Waals surface area (Å²) < 4.78 is 17.7. The third-order valence-corrected chi connectivity index (χ3v) is 4.67. The Labute approximate surface area is 176 Å². The SMILES string of the molecule is COc1ccc(Nc2nc(-c3cnc4c(c3)OCC(=O)N4)cn3ncnc23)cc1OC. The van der Waals surface area contributed by atoms with E-state index in [4.69, 9.17) is 19.2 Å². The van der Waals surface area contributed by atoms with Crippen LogP contribution < -0.4 is 24.8 Å². The van der Waals surface area contributed by atoms with E-state index in [1.807, 2.05) is 6.07 Å². The first kappa shape index (κ1) is 18.6. The first-order valence-corrected chi connectivity index (χ1v) is 9.27. The molecule has 0 unspecified atom stereocenters. The Balaban J connectivity index is 1.55. The van der Waals surface area contributed by atoms with E-state index in [0.717, 1.165) is 5.69 Å². The lowest BCUT2D eigenvalue weighted by molar-refractivity contribution is -0.118. The predicted octanol–water partition coefficient (Wildman–Crippen LogP) is 2.28. The number of nitrogens with zero attached hydrogens (tertiary/aromatic N) is 5. The highest BCUT2D eigenvalue weighted by molar-refractivity contribution is 5.94. The van der Waals surface area contributed by atoms with E-state index >= 15 is 0 Å². The van der Waals surface area contributed by atoms with Crippen LogP contribution >= 0.6 is 0 Å². The van der Waals surface area contributed by atoms with Crippen LogP contribution in [0.1, 0.15) is 0 Å². The van der Waals surface area contributed by atoms with Crippen LogP contribution in [0.25, 0.3) is 16.9 Å². The van der Waals surface area contributed by atoms with Crippen molar-refractivity contribution in [2.24, 2.45) is 0 Å². The zero-order chi connectivity index (χ0) is 21.4. The monoisotopic (exact) mass is 419 g/mol. The lowest BCUT2D eigenvalue weighted by atomic mass is 10.2. The first-order valence-electron chi connectivity index (χ1n) is 9.27. The maximum absolute atomic E-state index is 11.5. The number of pyridine rings is 1. The highest BCUT2D eigenvalue weighted by Crippen LogP contribution is 2.33. The smallest absolute Gasteiger partial charge is 0.263 e. The number of carbonyl (C=O) groups excluding carboxylic acids is 1. The van der Waals surface area contributed by atoms with Crippen LogP contribution in [0, 0.1) is 0 Å². The fraction of sp³-hybridized carbons (Fsp3) is 0.150. The van der Waals surface area contributed by atoms with Gasteiger partial charge in [-0.2, -0.15) is 5.10 Å². The van der Waals surface area contributed by atoms with Crippen LogP contribution in [0.5, 0.6) is 17.2 Å². The molecule has 5 rings (SSSR count). The number of amides is 1. The van der Waals surface area contributed by atoms with Crippen LogP contribution in [0.4, 0.5) is 17.3 Å². The maximum Gasteiger partial charge on any atom is 0.263 e. The van der Waals surface area contributed by atoms with Crippen molar-refractivity contribution < 1.29 is 19.0 Å². The van der Waals surface area contributed by atoms with Gasteiger partial charge in [0.05, 0.1) is 26.1 Å². The molecule has 4 heterocycles. The molecule has 1 aromatic carbocycles. The normalized spacial score (nSPS) is 12.6. The van der Waals surface area contributed by atoms with Gasteiger partial charge in [0.15, 0.2) is 41.1 Å². The van der Waals surface area contributed by atoms with E-state index in [0.29, 0.717) is 45.8 Å². The average molecular weight is 419 g/mol. The van der Waals surface area contributed by atoms with Crippen molar-refractivity contribution in [1.29, 1.82) is 0 Å². The van der Waals surface area contributed by atoms with Gasteiger partial charge < -0.3 is 24.8 Å². The summed E-state index contributed by atoms with van der Waals surface area (Å²) in [4.78, 5) is 24.7. The van der Waals surface area contributed by atoms with Gasteiger partial charge in [0.1, 0.15) is 6.33 Å². The molecule has 0 bridgehead atoms. The second kappa shape index (κ2) is 7.44. The second-order valence-electron chi connectivity index (χ2n) is 6.61. The Morgan fingerprint density at radius 3 is 2.87 bits per heavy atom. The number of ether oxygens (including phenoxy) is 3. The molecule has 0 aliphatic carbocycles. The fourth-order valence-corrected chi connectivity index (χ4v) is 3.20. The summed E-state index contributed by atoms with van der Waals surface area (Å²) in [6, 6.07) is 7.22. The number of benzene rings is 1. The molecular weight excluding hydrogens is 402 g/mol. The highest BCUT2D eigenvalue weighted by atomic mass is 16.5. The molecule has 0 saturated carbocycles. The molecule has 31 heavy (non-hydrogen) atoms. The van der Waals surface area contributed by atoms with Crippen molar-refractivity contribution >= 4 is 28.9 Å². The molecule has 1 amide bonds. The Hall–Kier alpha value is -4.41. The average Bonchev–Trinajstić information content (AvgIpc) is 3.27. The minimum absolute atomic E-state index is 0.0558. The van der Waals surface area contributed by atoms with E-state index in [1.165, 1.54) is 6.33 Å². The molecule has 11 nitrogen and oxygen atoms in total. The second-order valence-corrected chi connectivity index (χ2v) is 6.61. The molecule has 0 spiro atoms. The number of rotatable bonds is 5. The molecule has 3 aromatic heterocycles. The van der Waals surface area contributed by atoms with Gasteiger partial charge in [-0.25, -0.2) is 19.5 Å². The largest absolute Gasteiger partial charge is 0.493 e. The van der Waals surface area contributed by atoms with Gasteiger partial charge >= 0.3 is 0 Å². The zero-order valence-corrected chi connectivity index (χ0v) is 16.6. The van der Waals surface area contributed by atoms with Gasteiger partial charge in [0, 0.05) is 23.5 Å². The summed E-state index contributed by atoms with van der Waals surface area (Å²) in [6.07, 6.45) is 4.80. The lowest BCUT2D eigenvalue weighted by Crippen LogP contribution is -2.26. The Kier molecular flexibility index (Phi) is 4.47. The van der Waals surface area contributed by atoms with E-state index in [2.05, 4.69) is 25.7 Å². The standard InChI is InChI=1S/C20H17N7O4/c1-29-14-4-3-12(6-15(14)30-2)24-19-20-22-10-23-27(20)8-13(25-19)11-5-16-18(21-7-11)26-17(28)9-31-16/h3-8,10H,9H2,1-2H3,(H,24,25)(H,21,26,28). The summed E-state index contributed by atoms with van der Waals surface area (Å²) in [5.74, 6) is 2.32. The number of fused-ring (bicyclic) bond motifs is 2. The van der Waals surface area contributed by atoms with Gasteiger partial charge in [0.25, 0.3) is 5.91 Å². The van der Waals surface area contributed by atoms with Gasteiger partial charge in [-0.1, -0.05) is 0 Å². The van der Waals surface area contributed by atoms with Crippen LogP contribution in [0.3, 0.4) is 0 Å². The third kappa shape index (κ3) is 3.41. The molecule has 0 atom stereocenters. The number of nitrogens with one attached hydrogen (secondary N) is 2. The Morgan fingerprint density at radius 2 is 2.03 bits per heavy atom. The topological polar surface area (TPSA) is 125 Å². The van der Waals surface area contributed by atoms with Crippen molar-refractivity contribution in [2.45, 2.75) is 0 Å². The van der Waals surface area contributed by atoms with E-state index in [1.54, 1.807) is 49.3 Å². The number of hydrogen-bond acceptors (Lipinski definition) is 9.